The van der Waals surface area contributed by atoms with Crippen LogP contribution in [-0.2, 0) is 22.7 Å². The first-order valence-corrected chi connectivity index (χ1v) is 9.52. The second-order valence-electron chi connectivity index (χ2n) is 6.81. The van der Waals surface area contributed by atoms with Crippen LogP contribution in [0.15, 0.2) is 53.1 Å². The van der Waals surface area contributed by atoms with Crippen LogP contribution in [0.4, 0.5) is 4.79 Å². The molecule has 28 heavy (non-hydrogen) atoms. The molecular formula is C21H29N3O4. The second-order valence-corrected chi connectivity index (χ2v) is 6.81. The Morgan fingerprint density at radius 3 is 2.54 bits per heavy atom. The van der Waals surface area contributed by atoms with Gasteiger partial charge in [0.15, 0.2) is 0 Å². The van der Waals surface area contributed by atoms with Crippen molar-refractivity contribution in [2.75, 3.05) is 13.2 Å². The fourth-order valence-corrected chi connectivity index (χ4v) is 2.57. The number of nitrogens with one attached hydrogen (secondary N) is 3. The monoisotopic (exact) mass is 387 g/mol. The molecule has 0 radical (unpaired) electrons. The molecule has 0 saturated heterocycles. The van der Waals surface area contributed by atoms with Crippen LogP contribution in [0.3, 0.4) is 0 Å². The van der Waals surface area contributed by atoms with Crippen LogP contribution in [0.25, 0.3) is 0 Å². The average molecular weight is 387 g/mol. The van der Waals surface area contributed by atoms with Gasteiger partial charge in [-0.15, -0.1) is 0 Å². The van der Waals surface area contributed by atoms with E-state index in [1.807, 2.05) is 56.3 Å². The Bertz CT molecular complexity index is 702. The molecular weight excluding hydrogens is 358 g/mol. The SMILES string of the molecule is CC(C)C(NC(=O)NCc1ccccc1)C(=O)NCCCOCc1ccco1. The van der Waals surface area contributed by atoms with Crippen molar-refractivity contribution in [1.82, 2.24) is 16.0 Å². The largest absolute Gasteiger partial charge is 0.467 e. The van der Waals surface area contributed by atoms with Gasteiger partial charge in [-0.25, -0.2) is 4.79 Å². The van der Waals surface area contributed by atoms with E-state index in [2.05, 4.69) is 16.0 Å². The van der Waals surface area contributed by atoms with Gasteiger partial charge < -0.3 is 25.1 Å². The van der Waals surface area contributed by atoms with E-state index in [1.54, 1.807) is 6.26 Å². The molecule has 2 aromatic rings. The van der Waals surface area contributed by atoms with E-state index in [0.29, 0.717) is 32.7 Å². The number of amides is 3. The predicted octanol–water partition coefficient (Wildman–Crippen LogP) is 2.83. The summed E-state index contributed by atoms with van der Waals surface area (Å²) < 4.78 is 10.7. The van der Waals surface area contributed by atoms with Crippen LogP contribution in [0.1, 0.15) is 31.6 Å². The van der Waals surface area contributed by atoms with Crippen molar-refractivity contribution in [3.05, 3.63) is 60.1 Å². The van der Waals surface area contributed by atoms with Gasteiger partial charge in [-0.3, -0.25) is 4.79 Å². The zero-order chi connectivity index (χ0) is 20.2. The Hall–Kier alpha value is -2.80. The number of carbonyl (C=O) groups excluding carboxylic acids is 2. The molecule has 0 saturated carbocycles. The number of rotatable bonds is 11. The molecule has 0 spiro atoms. The zero-order valence-corrected chi connectivity index (χ0v) is 16.4. The first-order chi connectivity index (χ1) is 13.6. The minimum Gasteiger partial charge on any atom is -0.467 e. The summed E-state index contributed by atoms with van der Waals surface area (Å²) in [7, 11) is 0. The lowest BCUT2D eigenvalue weighted by Gasteiger charge is -2.22. The third kappa shape index (κ3) is 7.84. The number of hydrogen-bond acceptors (Lipinski definition) is 4. The maximum atomic E-state index is 12.4. The first kappa shape index (κ1) is 21.5. The van der Waals surface area contributed by atoms with Crippen molar-refractivity contribution in [3.8, 4) is 0 Å². The highest BCUT2D eigenvalue weighted by Gasteiger charge is 2.23. The van der Waals surface area contributed by atoms with E-state index in [9.17, 15) is 9.59 Å². The summed E-state index contributed by atoms with van der Waals surface area (Å²) in [5.74, 6) is 0.545. The Morgan fingerprint density at radius 2 is 1.86 bits per heavy atom. The van der Waals surface area contributed by atoms with E-state index in [4.69, 9.17) is 9.15 Å². The summed E-state index contributed by atoms with van der Waals surface area (Å²) in [5.41, 5.74) is 0.998. The predicted molar refractivity (Wildman–Crippen MR) is 106 cm³/mol. The molecule has 0 bridgehead atoms. The van der Waals surface area contributed by atoms with E-state index in [1.165, 1.54) is 0 Å². The molecule has 1 aromatic heterocycles. The maximum Gasteiger partial charge on any atom is 0.315 e. The molecule has 7 heteroatoms. The smallest absolute Gasteiger partial charge is 0.315 e. The van der Waals surface area contributed by atoms with Crippen LogP contribution in [0.2, 0.25) is 0 Å². The molecule has 152 valence electrons. The molecule has 0 fully saturated rings. The Kier molecular flexibility index (Phi) is 9.07. The number of furan rings is 1. The van der Waals surface area contributed by atoms with Gasteiger partial charge in [0.25, 0.3) is 0 Å². The fraction of sp³-hybridized carbons (Fsp3) is 0.429. The normalized spacial score (nSPS) is 11.8. The van der Waals surface area contributed by atoms with Gasteiger partial charge in [0, 0.05) is 19.7 Å². The summed E-state index contributed by atoms with van der Waals surface area (Å²) in [6.45, 7) is 5.61. The molecule has 0 aliphatic carbocycles. The fourth-order valence-electron chi connectivity index (χ4n) is 2.57. The topological polar surface area (TPSA) is 92.6 Å². The van der Waals surface area contributed by atoms with Crippen molar-refractivity contribution < 1.29 is 18.7 Å². The lowest BCUT2D eigenvalue weighted by Crippen LogP contribution is -2.52. The van der Waals surface area contributed by atoms with Crippen LogP contribution >= 0.6 is 0 Å². The highest BCUT2D eigenvalue weighted by atomic mass is 16.5. The molecule has 3 N–H and O–H groups in total. The van der Waals surface area contributed by atoms with Crippen molar-refractivity contribution in [3.63, 3.8) is 0 Å². The molecule has 1 unspecified atom stereocenters. The second kappa shape index (κ2) is 11.8. The van der Waals surface area contributed by atoms with Crippen LogP contribution in [-0.4, -0.2) is 31.1 Å². The molecule has 2 rings (SSSR count). The lowest BCUT2D eigenvalue weighted by atomic mass is 10.0. The Morgan fingerprint density at radius 1 is 1.07 bits per heavy atom. The highest BCUT2D eigenvalue weighted by molar-refractivity contribution is 5.87. The average Bonchev–Trinajstić information content (AvgIpc) is 3.21. The molecule has 1 atom stereocenters. The number of benzene rings is 1. The van der Waals surface area contributed by atoms with Gasteiger partial charge in [-0.2, -0.15) is 0 Å². The summed E-state index contributed by atoms with van der Waals surface area (Å²) >= 11 is 0. The van der Waals surface area contributed by atoms with Gasteiger partial charge in [0.1, 0.15) is 18.4 Å². The van der Waals surface area contributed by atoms with Crippen molar-refractivity contribution in [1.29, 1.82) is 0 Å². The summed E-state index contributed by atoms with van der Waals surface area (Å²) in [4.78, 5) is 24.5. The lowest BCUT2D eigenvalue weighted by molar-refractivity contribution is -0.123. The van der Waals surface area contributed by atoms with Crippen LogP contribution < -0.4 is 16.0 Å². The van der Waals surface area contributed by atoms with E-state index in [-0.39, 0.29) is 17.9 Å². The molecule has 1 heterocycles. The van der Waals surface area contributed by atoms with Crippen molar-refractivity contribution >= 4 is 11.9 Å². The number of carbonyl (C=O) groups is 2. The van der Waals surface area contributed by atoms with Crippen LogP contribution in [0, 0.1) is 5.92 Å². The van der Waals surface area contributed by atoms with Crippen molar-refractivity contribution in [2.45, 2.75) is 39.5 Å². The van der Waals surface area contributed by atoms with Crippen LogP contribution in [0.5, 0.6) is 0 Å². The standard InChI is InChI=1S/C21H29N3O4/c1-16(2)19(24-21(26)23-14-17-8-4-3-5-9-17)20(25)22-11-7-12-27-15-18-10-6-13-28-18/h3-6,8-10,13,16,19H,7,11-12,14-15H2,1-2H3,(H,22,25)(H2,23,24,26). The highest BCUT2D eigenvalue weighted by Crippen LogP contribution is 2.04. The van der Waals surface area contributed by atoms with Gasteiger partial charge in [-0.05, 0) is 30.0 Å². The van der Waals surface area contributed by atoms with E-state index in [0.717, 1.165) is 11.3 Å². The van der Waals surface area contributed by atoms with E-state index < -0.39 is 6.04 Å². The summed E-state index contributed by atoms with van der Waals surface area (Å²) in [5, 5.41) is 8.38. The minimum atomic E-state index is -0.597. The maximum absolute atomic E-state index is 12.4. The third-order valence-corrected chi connectivity index (χ3v) is 4.12. The summed E-state index contributed by atoms with van der Waals surface area (Å²) in [6.07, 6.45) is 2.28. The Balaban J connectivity index is 1.65. The molecule has 3 amide bonds. The third-order valence-electron chi connectivity index (χ3n) is 4.12. The molecule has 7 nitrogen and oxygen atoms in total. The molecule has 1 aromatic carbocycles. The number of hydrogen-bond donors (Lipinski definition) is 3. The van der Waals surface area contributed by atoms with Gasteiger partial charge >= 0.3 is 6.03 Å². The molecule has 0 aliphatic rings. The van der Waals surface area contributed by atoms with E-state index >= 15 is 0 Å². The number of ether oxygens (including phenoxy) is 1. The summed E-state index contributed by atoms with van der Waals surface area (Å²) in [6, 6.07) is 12.3. The van der Waals surface area contributed by atoms with Gasteiger partial charge in [0.2, 0.25) is 5.91 Å². The number of urea groups is 1. The Labute approximate surface area is 165 Å². The first-order valence-electron chi connectivity index (χ1n) is 9.52. The molecule has 0 aliphatic heterocycles. The minimum absolute atomic E-state index is 0.0299. The van der Waals surface area contributed by atoms with Gasteiger partial charge in [0.05, 0.1) is 6.26 Å². The van der Waals surface area contributed by atoms with Gasteiger partial charge in [-0.1, -0.05) is 44.2 Å². The van der Waals surface area contributed by atoms with Crippen molar-refractivity contribution in [2.24, 2.45) is 5.92 Å². The quantitative estimate of drug-likeness (QED) is 0.517. The zero-order valence-electron chi connectivity index (χ0n) is 16.4.